The molecule has 0 atom stereocenters. The van der Waals surface area contributed by atoms with Gasteiger partial charge in [-0.15, -0.1) is 0 Å². The van der Waals surface area contributed by atoms with E-state index < -0.39 is 21.3 Å². The molecular formula is C14H17N3O3S. The SMILES string of the molecule is CC(C)(C#N)CCCCN1C(=O)c2cccnc2S1(=O)=O. The summed E-state index contributed by atoms with van der Waals surface area (Å²) in [5.74, 6) is -0.516. The second kappa shape index (κ2) is 5.45. The summed E-state index contributed by atoms with van der Waals surface area (Å²) in [7, 11) is -3.81. The zero-order chi connectivity index (χ0) is 15.7. The lowest BCUT2D eigenvalue weighted by atomic mass is 9.89. The molecule has 2 heterocycles. The quantitative estimate of drug-likeness (QED) is 0.775. The molecule has 0 aromatic carbocycles. The number of aromatic nitrogens is 1. The van der Waals surface area contributed by atoms with Crippen molar-refractivity contribution >= 4 is 15.9 Å². The third-order valence-electron chi connectivity index (χ3n) is 3.48. The lowest BCUT2D eigenvalue weighted by molar-refractivity contribution is 0.0869. The zero-order valence-electron chi connectivity index (χ0n) is 12.0. The number of amides is 1. The minimum absolute atomic E-state index is 0.124. The summed E-state index contributed by atoms with van der Waals surface area (Å²) >= 11 is 0. The topological polar surface area (TPSA) is 91.1 Å². The Labute approximate surface area is 124 Å². The zero-order valence-corrected chi connectivity index (χ0v) is 12.9. The summed E-state index contributed by atoms with van der Waals surface area (Å²) < 4.78 is 25.3. The van der Waals surface area contributed by atoms with Crippen LogP contribution < -0.4 is 0 Å². The molecule has 0 fully saturated rings. The van der Waals surface area contributed by atoms with Crippen molar-refractivity contribution < 1.29 is 13.2 Å². The van der Waals surface area contributed by atoms with E-state index in [1.165, 1.54) is 12.3 Å². The Kier molecular flexibility index (Phi) is 4.01. The van der Waals surface area contributed by atoms with Crippen LogP contribution in [-0.4, -0.2) is 30.2 Å². The molecule has 1 aromatic heterocycles. The van der Waals surface area contributed by atoms with Gasteiger partial charge in [0.1, 0.15) is 0 Å². The Morgan fingerprint density at radius 1 is 1.38 bits per heavy atom. The van der Waals surface area contributed by atoms with E-state index in [0.717, 1.165) is 4.31 Å². The molecule has 1 aliphatic heterocycles. The average molecular weight is 307 g/mol. The highest BCUT2D eigenvalue weighted by molar-refractivity contribution is 7.90. The Morgan fingerprint density at radius 2 is 2.10 bits per heavy atom. The van der Waals surface area contributed by atoms with Crippen molar-refractivity contribution in [2.75, 3.05) is 6.54 Å². The molecule has 0 unspecified atom stereocenters. The summed E-state index contributed by atoms with van der Waals surface area (Å²) in [6.07, 6.45) is 3.24. The van der Waals surface area contributed by atoms with Crippen molar-refractivity contribution in [2.24, 2.45) is 5.41 Å². The second-order valence-electron chi connectivity index (χ2n) is 5.69. The van der Waals surface area contributed by atoms with Gasteiger partial charge in [-0.1, -0.05) is 6.42 Å². The van der Waals surface area contributed by atoms with Crippen molar-refractivity contribution in [1.82, 2.24) is 9.29 Å². The number of carbonyl (C=O) groups is 1. The molecule has 21 heavy (non-hydrogen) atoms. The van der Waals surface area contributed by atoms with Gasteiger partial charge in [0, 0.05) is 12.7 Å². The smallest absolute Gasteiger partial charge is 0.268 e. The van der Waals surface area contributed by atoms with Gasteiger partial charge < -0.3 is 0 Å². The molecule has 7 heteroatoms. The molecule has 0 radical (unpaired) electrons. The van der Waals surface area contributed by atoms with E-state index in [1.807, 2.05) is 13.8 Å². The number of rotatable bonds is 5. The van der Waals surface area contributed by atoms with Crippen LogP contribution in [0.4, 0.5) is 0 Å². The maximum Gasteiger partial charge on any atom is 0.285 e. The molecule has 1 amide bonds. The number of carbonyl (C=O) groups excluding carboxylic acids is 1. The normalized spacial score (nSPS) is 16.6. The van der Waals surface area contributed by atoms with Gasteiger partial charge in [-0.05, 0) is 38.8 Å². The molecule has 0 saturated heterocycles. The van der Waals surface area contributed by atoms with Crippen LogP contribution in [-0.2, 0) is 10.0 Å². The van der Waals surface area contributed by atoms with Gasteiger partial charge >= 0.3 is 0 Å². The van der Waals surface area contributed by atoms with Gasteiger partial charge in [0.2, 0.25) is 0 Å². The first-order chi connectivity index (χ1) is 9.79. The summed E-state index contributed by atoms with van der Waals surface area (Å²) in [4.78, 5) is 15.9. The van der Waals surface area contributed by atoms with Crippen LogP contribution in [0.15, 0.2) is 23.4 Å². The minimum Gasteiger partial charge on any atom is -0.268 e. The number of unbranched alkanes of at least 4 members (excludes halogenated alkanes) is 1. The first-order valence-electron chi connectivity index (χ1n) is 6.73. The van der Waals surface area contributed by atoms with E-state index in [2.05, 4.69) is 11.1 Å². The summed E-state index contributed by atoms with van der Waals surface area (Å²) in [6, 6.07) is 5.22. The van der Waals surface area contributed by atoms with E-state index in [0.29, 0.717) is 19.3 Å². The molecule has 0 N–H and O–H groups in total. The van der Waals surface area contributed by atoms with Crippen molar-refractivity contribution in [3.63, 3.8) is 0 Å². The minimum atomic E-state index is -3.81. The third-order valence-corrected chi connectivity index (χ3v) is 5.22. The van der Waals surface area contributed by atoms with Gasteiger partial charge in [0.25, 0.3) is 15.9 Å². The fourth-order valence-corrected chi connectivity index (χ4v) is 3.73. The number of sulfonamides is 1. The van der Waals surface area contributed by atoms with Gasteiger partial charge in [0.15, 0.2) is 5.03 Å². The van der Waals surface area contributed by atoms with E-state index in [-0.39, 0.29) is 17.1 Å². The second-order valence-corrected chi connectivity index (χ2v) is 7.47. The lowest BCUT2D eigenvalue weighted by Gasteiger charge is -2.17. The largest absolute Gasteiger partial charge is 0.285 e. The lowest BCUT2D eigenvalue weighted by Crippen LogP contribution is -2.31. The molecule has 0 aliphatic carbocycles. The number of nitriles is 1. The Hall–Kier alpha value is -1.94. The number of hydrogen-bond acceptors (Lipinski definition) is 5. The van der Waals surface area contributed by atoms with Gasteiger partial charge in [-0.2, -0.15) is 13.7 Å². The molecule has 0 bridgehead atoms. The highest BCUT2D eigenvalue weighted by atomic mass is 32.2. The maximum atomic E-state index is 12.2. The molecule has 1 aromatic rings. The predicted octanol–water partition coefficient (Wildman–Crippen LogP) is 1.95. The molecule has 2 rings (SSSR count). The fourth-order valence-electron chi connectivity index (χ4n) is 2.21. The van der Waals surface area contributed by atoms with Crippen molar-refractivity contribution in [3.8, 4) is 6.07 Å². The number of pyridine rings is 1. The molecular weight excluding hydrogens is 290 g/mol. The monoisotopic (exact) mass is 307 g/mol. The number of hydrogen-bond donors (Lipinski definition) is 0. The third kappa shape index (κ3) is 2.90. The first-order valence-corrected chi connectivity index (χ1v) is 8.17. The van der Waals surface area contributed by atoms with Gasteiger partial charge in [-0.25, -0.2) is 9.29 Å². The first kappa shape index (κ1) is 15.4. The van der Waals surface area contributed by atoms with Crippen LogP contribution in [0.5, 0.6) is 0 Å². The van der Waals surface area contributed by atoms with Gasteiger partial charge in [0.05, 0.1) is 17.0 Å². The van der Waals surface area contributed by atoms with Crippen LogP contribution in [0.2, 0.25) is 0 Å². The number of fused-ring (bicyclic) bond motifs is 1. The summed E-state index contributed by atoms with van der Waals surface area (Å²) in [5.41, 5.74) is -0.298. The number of nitrogens with zero attached hydrogens (tertiary/aromatic N) is 3. The van der Waals surface area contributed by atoms with Crippen LogP contribution in [0, 0.1) is 16.7 Å². The van der Waals surface area contributed by atoms with E-state index >= 15 is 0 Å². The van der Waals surface area contributed by atoms with E-state index in [9.17, 15) is 13.2 Å². The molecule has 112 valence electrons. The van der Waals surface area contributed by atoms with Crippen molar-refractivity contribution in [2.45, 2.75) is 38.1 Å². The van der Waals surface area contributed by atoms with E-state index in [4.69, 9.17) is 5.26 Å². The fraction of sp³-hybridized carbons (Fsp3) is 0.500. The molecule has 0 saturated carbocycles. The Morgan fingerprint density at radius 3 is 2.71 bits per heavy atom. The van der Waals surface area contributed by atoms with Crippen LogP contribution >= 0.6 is 0 Å². The molecule has 6 nitrogen and oxygen atoms in total. The standard InChI is InChI=1S/C14H17N3O3S/c1-14(2,10-15)7-3-4-9-17-13(18)11-6-5-8-16-12(11)21(17,19)20/h5-6,8H,3-4,7,9H2,1-2H3. The average Bonchev–Trinajstić information content (AvgIpc) is 2.64. The maximum absolute atomic E-state index is 12.2. The molecule has 1 aliphatic rings. The van der Waals surface area contributed by atoms with E-state index in [1.54, 1.807) is 6.07 Å². The highest BCUT2D eigenvalue weighted by Crippen LogP contribution is 2.29. The summed E-state index contributed by atoms with van der Waals surface area (Å²) in [6.45, 7) is 3.80. The highest BCUT2D eigenvalue weighted by Gasteiger charge is 2.41. The van der Waals surface area contributed by atoms with Gasteiger partial charge in [-0.3, -0.25) is 4.79 Å². The Balaban J connectivity index is 2.04. The predicted molar refractivity (Wildman–Crippen MR) is 75.7 cm³/mol. The Bertz CT molecular complexity index is 704. The van der Waals surface area contributed by atoms with Crippen molar-refractivity contribution in [3.05, 3.63) is 23.9 Å². The summed E-state index contributed by atoms with van der Waals surface area (Å²) in [5, 5.41) is 8.77. The van der Waals surface area contributed by atoms with Crippen LogP contribution in [0.3, 0.4) is 0 Å². The van der Waals surface area contributed by atoms with Crippen LogP contribution in [0.25, 0.3) is 0 Å². The van der Waals surface area contributed by atoms with Crippen molar-refractivity contribution in [1.29, 1.82) is 5.26 Å². The molecule has 0 spiro atoms. The van der Waals surface area contributed by atoms with Crippen LogP contribution in [0.1, 0.15) is 43.5 Å².